The zero-order valence-electron chi connectivity index (χ0n) is 15.6. The van der Waals surface area contributed by atoms with Crippen molar-refractivity contribution in [2.75, 3.05) is 20.3 Å². The van der Waals surface area contributed by atoms with Gasteiger partial charge in [-0.1, -0.05) is 29.3 Å². The molecule has 0 spiro atoms. The third kappa shape index (κ3) is 5.60. The molecule has 5 nitrogen and oxygen atoms in total. The summed E-state index contributed by atoms with van der Waals surface area (Å²) in [6.45, 7) is 0.826. The summed E-state index contributed by atoms with van der Waals surface area (Å²) in [5.74, 6) is 0.278. The maximum atomic E-state index is 12.5. The number of hydrogen-bond donors (Lipinski definition) is 0. The average Bonchev–Trinajstić information content (AvgIpc) is 2.95. The molecule has 2 aromatic rings. The van der Waals surface area contributed by atoms with E-state index in [1.54, 1.807) is 18.2 Å². The van der Waals surface area contributed by atoms with Gasteiger partial charge in [-0.25, -0.2) is 0 Å². The summed E-state index contributed by atoms with van der Waals surface area (Å²) in [6.07, 6.45) is 1.68. The Hall–Kier alpha value is -1.03. The minimum atomic E-state index is -0.325. The number of methoxy groups -OCH3 is 1. The summed E-state index contributed by atoms with van der Waals surface area (Å²) in [4.78, 5) is 26.1. The van der Waals surface area contributed by atoms with Gasteiger partial charge in [0.1, 0.15) is 12.4 Å². The van der Waals surface area contributed by atoms with Gasteiger partial charge in [-0.3, -0.25) is 14.5 Å². The number of carbonyl (C=O) groups excluding carboxylic acids is 2. The number of hydrogen-bond acceptors (Lipinski definition) is 5. The second kappa shape index (κ2) is 10.5. The van der Waals surface area contributed by atoms with Gasteiger partial charge in [0.05, 0.1) is 37.0 Å². The summed E-state index contributed by atoms with van der Waals surface area (Å²) in [7, 11) is 1.52. The van der Waals surface area contributed by atoms with Gasteiger partial charge >= 0.3 is 0 Å². The van der Waals surface area contributed by atoms with Crippen LogP contribution in [-0.4, -0.2) is 36.3 Å². The Morgan fingerprint density at radius 3 is 2.43 bits per heavy atom. The molecule has 0 aromatic heterocycles. The lowest BCUT2D eigenvalue weighted by Crippen LogP contribution is -2.31. The lowest BCUT2D eigenvalue weighted by atomic mass is 10.2. The molecule has 1 saturated heterocycles. The molecule has 0 saturated carbocycles. The van der Waals surface area contributed by atoms with Gasteiger partial charge in [-0.2, -0.15) is 0 Å². The van der Waals surface area contributed by atoms with Crippen molar-refractivity contribution >= 4 is 84.0 Å². The topological polar surface area (TPSA) is 55.8 Å². The number of ether oxygens (including phenoxy) is 2. The highest BCUT2D eigenvalue weighted by atomic mass is 79.9. The molecule has 1 aliphatic heterocycles. The van der Waals surface area contributed by atoms with Gasteiger partial charge in [0.2, 0.25) is 0 Å². The predicted molar refractivity (Wildman–Crippen MR) is 127 cm³/mol. The number of rotatable bonds is 7. The molecule has 2 amide bonds. The van der Waals surface area contributed by atoms with Crippen molar-refractivity contribution in [3.05, 3.63) is 65.4 Å². The fraction of sp³-hybridized carbons (Fsp3) is 0.200. The van der Waals surface area contributed by atoms with Gasteiger partial charge in [-0.15, -0.1) is 0 Å². The normalized spacial score (nSPS) is 15.4. The Bertz CT molecular complexity index is 1010. The highest BCUT2D eigenvalue weighted by molar-refractivity contribution is 9.11. The summed E-state index contributed by atoms with van der Waals surface area (Å²) in [5.41, 5.74) is 1.62. The fourth-order valence-corrected chi connectivity index (χ4v) is 5.25. The Morgan fingerprint density at radius 1 is 1.10 bits per heavy atom. The van der Waals surface area contributed by atoms with Crippen molar-refractivity contribution in [2.24, 2.45) is 0 Å². The van der Waals surface area contributed by atoms with Crippen molar-refractivity contribution < 1.29 is 19.1 Å². The van der Waals surface area contributed by atoms with Crippen LogP contribution < -0.4 is 4.74 Å². The van der Waals surface area contributed by atoms with E-state index in [0.29, 0.717) is 42.9 Å². The number of amides is 2. The molecule has 0 aliphatic carbocycles. The molecule has 0 N–H and O–H groups in total. The maximum Gasteiger partial charge on any atom is 0.293 e. The Balaban J connectivity index is 1.76. The quantitative estimate of drug-likeness (QED) is 0.330. The number of imide groups is 1. The molecule has 1 fully saturated rings. The van der Waals surface area contributed by atoms with Crippen LogP contribution in [0.4, 0.5) is 4.79 Å². The maximum absolute atomic E-state index is 12.5. The smallest absolute Gasteiger partial charge is 0.293 e. The van der Waals surface area contributed by atoms with Crippen LogP contribution in [0.3, 0.4) is 0 Å². The van der Waals surface area contributed by atoms with E-state index in [0.717, 1.165) is 22.9 Å². The van der Waals surface area contributed by atoms with Crippen LogP contribution >= 0.6 is 66.8 Å². The van der Waals surface area contributed by atoms with Gasteiger partial charge in [-0.05, 0) is 85.1 Å². The number of benzene rings is 2. The van der Waals surface area contributed by atoms with Crippen molar-refractivity contribution in [1.29, 1.82) is 0 Å². The Morgan fingerprint density at radius 2 is 1.80 bits per heavy atom. The van der Waals surface area contributed by atoms with Gasteiger partial charge < -0.3 is 9.47 Å². The Kier molecular flexibility index (Phi) is 8.29. The van der Waals surface area contributed by atoms with Crippen molar-refractivity contribution in [2.45, 2.75) is 6.61 Å². The monoisotopic (exact) mass is 593 g/mol. The molecule has 0 radical (unpaired) electrons. The van der Waals surface area contributed by atoms with Crippen LogP contribution in [0.2, 0.25) is 10.0 Å². The molecule has 1 heterocycles. The number of halogens is 4. The molecule has 0 unspecified atom stereocenters. The van der Waals surface area contributed by atoms with Crippen molar-refractivity contribution in [3.8, 4) is 5.75 Å². The molecule has 0 bridgehead atoms. The van der Waals surface area contributed by atoms with Crippen molar-refractivity contribution in [1.82, 2.24) is 4.90 Å². The molecular formula is C20H15Br2Cl2NO4S. The second-order valence-electron chi connectivity index (χ2n) is 6.18. The minimum absolute atomic E-state index is 0.230. The molecule has 1 aliphatic rings. The average molecular weight is 596 g/mol. The first-order valence-electron chi connectivity index (χ1n) is 8.60. The highest BCUT2D eigenvalue weighted by Crippen LogP contribution is 2.38. The molecule has 0 atom stereocenters. The molecule has 158 valence electrons. The summed E-state index contributed by atoms with van der Waals surface area (Å²) >= 11 is 19.9. The zero-order valence-corrected chi connectivity index (χ0v) is 21.1. The van der Waals surface area contributed by atoms with E-state index in [9.17, 15) is 9.59 Å². The highest BCUT2D eigenvalue weighted by Gasteiger charge is 2.34. The Labute approximate surface area is 204 Å². The molecule has 3 rings (SSSR count). The molecule has 2 aromatic carbocycles. The SMILES string of the molecule is COCCN1C(=O)S/C(=C/c2cc(Br)c(OCc3ccc(Cl)c(Cl)c3)c(Br)c2)C1=O. The van der Waals surface area contributed by atoms with Crippen LogP contribution in [0.5, 0.6) is 5.75 Å². The summed E-state index contributed by atoms with van der Waals surface area (Å²) < 4.78 is 12.3. The molecule has 10 heteroatoms. The minimum Gasteiger partial charge on any atom is -0.487 e. The van der Waals surface area contributed by atoms with Crippen LogP contribution in [0.25, 0.3) is 6.08 Å². The molecular weight excluding hydrogens is 581 g/mol. The number of nitrogens with zero attached hydrogens (tertiary/aromatic N) is 1. The van der Waals surface area contributed by atoms with E-state index in [1.807, 2.05) is 18.2 Å². The van der Waals surface area contributed by atoms with E-state index < -0.39 is 0 Å². The third-order valence-electron chi connectivity index (χ3n) is 4.08. The summed E-state index contributed by atoms with van der Waals surface area (Å²) in [5, 5.41) is 0.646. The second-order valence-corrected chi connectivity index (χ2v) is 9.69. The van der Waals surface area contributed by atoms with Crippen LogP contribution in [0.1, 0.15) is 11.1 Å². The first kappa shape index (κ1) is 23.6. The van der Waals surface area contributed by atoms with Crippen LogP contribution in [0.15, 0.2) is 44.2 Å². The standard InChI is InChI=1S/C20H15Br2Cl2NO4S/c1-28-5-4-25-19(26)17(30-20(25)27)9-12-6-13(21)18(14(22)7-12)29-10-11-2-3-15(23)16(24)8-11/h2-3,6-9H,4-5,10H2,1H3/b17-9+. The number of thioether (sulfide) groups is 1. The lowest BCUT2D eigenvalue weighted by molar-refractivity contribution is -0.123. The molecule has 30 heavy (non-hydrogen) atoms. The van der Waals surface area contributed by atoms with Gasteiger partial charge in [0.15, 0.2) is 0 Å². The van der Waals surface area contributed by atoms with Crippen LogP contribution in [-0.2, 0) is 16.1 Å². The van der Waals surface area contributed by atoms with E-state index in [1.165, 1.54) is 12.0 Å². The van der Waals surface area contributed by atoms with E-state index in [4.69, 9.17) is 32.7 Å². The van der Waals surface area contributed by atoms with E-state index in [2.05, 4.69) is 31.9 Å². The van der Waals surface area contributed by atoms with Crippen LogP contribution in [0, 0.1) is 0 Å². The zero-order chi connectivity index (χ0) is 21.8. The summed E-state index contributed by atoms with van der Waals surface area (Å²) in [6, 6.07) is 8.94. The van der Waals surface area contributed by atoms with E-state index >= 15 is 0 Å². The first-order valence-corrected chi connectivity index (χ1v) is 11.8. The first-order chi connectivity index (χ1) is 14.3. The fourth-order valence-electron chi connectivity index (χ4n) is 2.61. The van der Waals surface area contributed by atoms with E-state index in [-0.39, 0.29) is 17.7 Å². The van der Waals surface area contributed by atoms with Gasteiger partial charge in [0, 0.05) is 7.11 Å². The number of carbonyl (C=O) groups is 2. The third-order valence-corrected chi connectivity index (χ3v) is 6.90. The predicted octanol–water partition coefficient (Wildman–Crippen LogP) is 6.78. The lowest BCUT2D eigenvalue weighted by Gasteiger charge is -2.12. The van der Waals surface area contributed by atoms with Gasteiger partial charge in [0.25, 0.3) is 11.1 Å². The largest absolute Gasteiger partial charge is 0.487 e. The van der Waals surface area contributed by atoms with Crippen molar-refractivity contribution in [3.63, 3.8) is 0 Å².